The standard InChI is InChI=1S/C15H21NO3/c17-13(10-4-3-9-8-11(9)10)16-7-6-15(14(18)19)5-1-2-12(15)16/h9-12H,1-8H2,(H,18,19)/t9-,10-,11+,12-,15+/m1/s1. The van der Waals surface area contributed by atoms with Gasteiger partial charge in [0.05, 0.1) is 5.41 Å². The molecule has 4 fully saturated rings. The minimum absolute atomic E-state index is 0.0182. The van der Waals surface area contributed by atoms with E-state index in [1.165, 1.54) is 12.8 Å². The molecule has 104 valence electrons. The largest absolute Gasteiger partial charge is 0.481 e. The maximum atomic E-state index is 12.7. The van der Waals surface area contributed by atoms with Crippen molar-refractivity contribution < 1.29 is 14.7 Å². The number of carboxylic acids is 1. The molecular weight excluding hydrogens is 242 g/mol. The number of fused-ring (bicyclic) bond motifs is 2. The predicted molar refractivity (Wildman–Crippen MR) is 68.4 cm³/mol. The van der Waals surface area contributed by atoms with E-state index in [4.69, 9.17) is 0 Å². The fourth-order valence-electron chi connectivity index (χ4n) is 5.12. The summed E-state index contributed by atoms with van der Waals surface area (Å²) < 4.78 is 0. The smallest absolute Gasteiger partial charge is 0.311 e. The highest BCUT2D eigenvalue weighted by Crippen LogP contribution is 2.57. The van der Waals surface area contributed by atoms with Crippen LogP contribution in [0.5, 0.6) is 0 Å². The van der Waals surface area contributed by atoms with Gasteiger partial charge in [-0.2, -0.15) is 0 Å². The summed E-state index contributed by atoms with van der Waals surface area (Å²) >= 11 is 0. The third-order valence-electron chi connectivity index (χ3n) is 6.28. The van der Waals surface area contributed by atoms with E-state index in [0.29, 0.717) is 18.9 Å². The number of carbonyl (C=O) groups excluding carboxylic acids is 1. The van der Waals surface area contributed by atoms with E-state index in [9.17, 15) is 14.7 Å². The number of likely N-dealkylation sites (tertiary alicyclic amines) is 1. The lowest BCUT2D eigenvalue weighted by Gasteiger charge is -2.31. The molecule has 0 aromatic rings. The molecule has 1 aliphatic heterocycles. The number of carbonyl (C=O) groups is 2. The molecule has 0 aromatic carbocycles. The minimum atomic E-state index is -0.680. The second kappa shape index (κ2) is 3.74. The van der Waals surface area contributed by atoms with Gasteiger partial charge in [0.2, 0.25) is 5.91 Å². The van der Waals surface area contributed by atoms with E-state index in [0.717, 1.165) is 31.6 Å². The highest BCUT2D eigenvalue weighted by atomic mass is 16.4. The van der Waals surface area contributed by atoms with Gasteiger partial charge in [-0.25, -0.2) is 0 Å². The highest BCUT2D eigenvalue weighted by molar-refractivity contribution is 5.84. The Morgan fingerprint density at radius 1 is 1.16 bits per heavy atom. The summed E-state index contributed by atoms with van der Waals surface area (Å²) in [5, 5.41) is 9.56. The van der Waals surface area contributed by atoms with Crippen molar-refractivity contribution in [3.05, 3.63) is 0 Å². The first-order chi connectivity index (χ1) is 9.13. The molecule has 5 atom stereocenters. The van der Waals surface area contributed by atoms with Gasteiger partial charge in [-0.15, -0.1) is 0 Å². The van der Waals surface area contributed by atoms with Crippen LogP contribution in [0.1, 0.15) is 44.9 Å². The minimum Gasteiger partial charge on any atom is -0.481 e. The summed E-state index contributed by atoms with van der Waals surface area (Å²) in [5.41, 5.74) is -0.614. The van der Waals surface area contributed by atoms with E-state index in [1.807, 2.05) is 4.90 Å². The van der Waals surface area contributed by atoms with Crippen molar-refractivity contribution in [1.82, 2.24) is 4.90 Å². The molecule has 0 unspecified atom stereocenters. The summed E-state index contributed by atoms with van der Waals surface area (Å²) in [6, 6.07) is -0.0182. The predicted octanol–water partition coefficient (Wildman–Crippen LogP) is 1.89. The molecule has 0 radical (unpaired) electrons. The van der Waals surface area contributed by atoms with Gasteiger partial charge in [0, 0.05) is 18.5 Å². The SMILES string of the molecule is O=C([C@@H]1CC[C@@H]2C[C@@H]21)N1CC[C@@]2(C(=O)O)CCC[C@@H]12. The zero-order valence-corrected chi connectivity index (χ0v) is 11.2. The van der Waals surface area contributed by atoms with Gasteiger partial charge in [0.25, 0.3) is 0 Å². The van der Waals surface area contributed by atoms with E-state index in [-0.39, 0.29) is 17.9 Å². The summed E-state index contributed by atoms with van der Waals surface area (Å²) in [5.74, 6) is 1.26. The molecule has 19 heavy (non-hydrogen) atoms. The summed E-state index contributed by atoms with van der Waals surface area (Å²) in [4.78, 5) is 26.3. The average Bonchev–Trinajstić information content (AvgIpc) is 2.79. The molecule has 4 rings (SSSR count). The molecule has 0 spiro atoms. The monoisotopic (exact) mass is 263 g/mol. The van der Waals surface area contributed by atoms with Gasteiger partial charge >= 0.3 is 5.97 Å². The summed E-state index contributed by atoms with van der Waals surface area (Å²) in [6.07, 6.45) is 6.75. The average molecular weight is 263 g/mol. The Bertz CT molecular complexity index is 449. The van der Waals surface area contributed by atoms with Crippen LogP contribution < -0.4 is 0 Å². The zero-order chi connectivity index (χ0) is 13.2. The second-order valence-electron chi connectivity index (χ2n) is 6.99. The Labute approximate surface area is 113 Å². The fraction of sp³-hybridized carbons (Fsp3) is 0.867. The van der Waals surface area contributed by atoms with Crippen molar-refractivity contribution in [3.8, 4) is 0 Å². The van der Waals surface area contributed by atoms with Gasteiger partial charge < -0.3 is 10.0 Å². The van der Waals surface area contributed by atoms with Crippen LogP contribution in [0, 0.1) is 23.2 Å². The Kier molecular flexibility index (Phi) is 2.31. The van der Waals surface area contributed by atoms with Crippen LogP contribution in [0.15, 0.2) is 0 Å². The van der Waals surface area contributed by atoms with Crippen LogP contribution in [-0.2, 0) is 9.59 Å². The fourth-order valence-corrected chi connectivity index (χ4v) is 5.12. The van der Waals surface area contributed by atoms with Gasteiger partial charge in [-0.1, -0.05) is 6.42 Å². The molecule has 1 saturated heterocycles. The number of hydrogen-bond acceptors (Lipinski definition) is 2. The van der Waals surface area contributed by atoms with Gasteiger partial charge in [0.1, 0.15) is 0 Å². The van der Waals surface area contributed by atoms with E-state index in [2.05, 4.69) is 0 Å². The molecule has 1 N–H and O–H groups in total. The first-order valence-electron chi connectivity index (χ1n) is 7.67. The molecule has 4 nitrogen and oxygen atoms in total. The van der Waals surface area contributed by atoms with Crippen LogP contribution in [0.2, 0.25) is 0 Å². The van der Waals surface area contributed by atoms with Crippen LogP contribution in [0.25, 0.3) is 0 Å². The maximum absolute atomic E-state index is 12.7. The topological polar surface area (TPSA) is 57.6 Å². The van der Waals surface area contributed by atoms with Gasteiger partial charge in [-0.3, -0.25) is 9.59 Å². The normalized spacial score (nSPS) is 47.1. The summed E-state index contributed by atoms with van der Waals surface area (Å²) in [7, 11) is 0. The Morgan fingerprint density at radius 2 is 2.00 bits per heavy atom. The van der Waals surface area contributed by atoms with Crippen molar-refractivity contribution in [1.29, 1.82) is 0 Å². The third-order valence-corrected chi connectivity index (χ3v) is 6.28. The molecule has 0 bridgehead atoms. The van der Waals surface area contributed by atoms with Crippen molar-refractivity contribution in [2.45, 2.75) is 51.0 Å². The lowest BCUT2D eigenvalue weighted by atomic mass is 9.82. The molecule has 0 aromatic heterocycles. The van der Waals surface area contributed by atoms with E-state index in [1.54, 1.807) is 0 Å². The number of nitrogens with zero attached hydrogens (tertiary/aromatic N) is 1. The lowest BCUT2D eigenvalue weighted by molar-refractivity contribution is -0.150. The van der Waals surface area contributed by atoms with Crippen LogP contribution >= 0.6 is 0 Å². The quantitative estimate of drug-likeness (QED) is 0.827. The number of amides is 1. The van der Waals surface area contributed by atoms with Crippen LogP contribution in [0.3, 0.4) is 0 Å². The van der Waals surface area contributed by atoms with Crippen molar-refractivity contribution >= 4 is 11.9 Å². The van der Waals surface area contributed by atoms with E-state index >= 15 is 0 Å². The van der Waals surface area contributed by atoms with Crippen molar-refractivity contribution in [2.75, 3.05) is 6.54 Å². The van der Waals surface area contributed by atoms with Gasteiger partial charge in [0.15, 0.2) is 0 Å². The number of hydrogen-bond donors (Lipinski definition) is 1. The Morgan fingerprint density at radius 3 is 2.63 bits per heavy atom. The second-order valence-corrected chi connectivity index (χ2v) is 6.99. The molecule has 4 heteroatoms. The molecule has 4 aliphatic rings. The lowest BCUT2D eigenvalue weighted by Crippen LogP contribution is -2.45. The number of carboxylic acid groups (broad SMARTS) is 1. The van der Waals surface area contributed by atoms with Crippen molar-refractivity contribution in [3.63, 3.8) is 0 Å². The van der Waals surface area contributed by atoms with Gasteiger partial charge in [-0.05, 0) is 50.4 Å². The number of aliphatic carboxylic acids is 1. The molecule has 3 aliphatic carbocycles. The highest BCUT2D eigenvalue weighted by Gasteiger charge is 2.59. The summed E-state index contributed by atoms with van der Waals surface area (Å²) in [6.45, 7) is 0.670. The maximum Gasteiger partial charge on any atom is 0.311 e. The Hall–Kier alpha value is -1.06. The van der Waals surface area contributed by atoms with E-state index < -0.39 is 11.4 Å². The first-order valence-corrected chi connectivity index (χ1v) is 7.67. The molecular formula is C15H21NO3. The van der Waals surface area contributed by atoms with Crippen LogP contribution in [-0.4, -0.2) is 34.5 Å². The number of rotatable bonds is 2. The Balaban J connectivity index is 1.56. The molecule has 1 heterocycles. The van der Waals surface area contributed by atoms with Crippen molar-refractivity contribution in [2.24, 2.45) is 23.2 Å². The zero-order valence-electron chi connectivity index (χ0n) is 11.2. The third kappa shape index (κ3) is 1.46. The van der Waals surface area contributed by atoms with Crippen LogP contribution in [0.4, 0.5) is 0 Å². The molecule has 3 saturated carbocycles. The first kappa shape index (κ1) is 11.7. The molecule has 1 amide bonds.